The Hall–Kier alpha value is -2.43. The van der Waals surface area contributed by atoms with Gasteiger partial charge in [-0.3, -0.25) is 4.79 Å². The number of pyridine rings is 1. The van der Waals surface area contributed by atoms with Crippen molar-refractivity contribution in [1.82, 2.24) is 4.98 Å². The van der Waals surface area contributed by atoms with E-state index in [4.69, 9.17) is 5.73 Å². The molecule has 1 heterocycles. The van der Waals surface area contributed by atoms with Crippen LogP contribution in [0.1, 0.15) is 15.9 Å². The Morgan fingerprint density at radius 2 is 2.11 bits per heavy atom. The van der Waals surface area contributed by atoms with Crippen molar-refractivity contribution in [3.8, 4) is 0 Å². The Kier molecular flexibility index (Phi) is 3.23. The fraction of sp³-hybridized carbons (Fsp3) is 0.0769. The third-order valence-electron chi connectivity index (χ3n) is 2.59. The van der Waals surface area contributed by atoms with E-state index in [0.717, 1.165) is 6.20 Å². The molecule has 1 aromatic heterocycles. The number of nitrogens with one attached hydrogen (secondary N) is 1. The third kappa shape index (κ3) is 2.45. The van der Waals surface area contributed by atoms with Crippen LogP contribution in [-0.2, 0) is 0 Å². The van der Waals surface area contributed by atoms with Crippen LogP contribution in [0.3, 0.4) is 0 Å². The Morgan fingerprint density at radius 3 is 2.78 bits per heavy atom. The highest BCUT2D eigenvalue weighted by Crippen LogP contribution is 2.16. The number of hydrogen-bond acceptors (Lipinski definition) is 3. The Balaban J connectivity index is 2.22. The fourth-order valence-corrected chi connectivity index (χ4v) is 1.53. The summed E-state index contributed by atoms with van der Waals surface area (Å²) in [4.78, 5) is 15.7. The van der Waals surface area contributed by atoms with Gasteiger partial charge in [-0.2, -0.15) is 0 Å². The molecule has 0 spiro atoms. The van der Waals surface area contributed by atoms with E-state index in [1.54, 1.807) is 25.1 Å². The molecular weight excluding hydrogens is 233 g/mol. The highest BCUT2D eigenvalue weighted by Gasteiger charge is 2.11. The highest BCUT2D eigenvalue weighted by atomic mass is 19.1. The van der Waals surface area contributed by atoms with Crippen LogP contribution in [0.2, 0.25) is 0 Å². The van der Waals surface area contributed by atoms with Crippen molar-refractivity contribution in [3.05, 3.63) is 53.5 Å². The maximum absolute atomic E-state index is 12.7. The van der Waals surface area contributed by atoms with E-state index >= 15 is 0 Å². The number of carbonyl (C=O) groups is 1. The molecule has 3 N–H and O–H groups in total. The first-order valence-electron chi connectivity index (χ1n) is 5.36. The summed E-state index contributed by atoms with van der Waals surface area (Å²) in [6, 6.07) is 7.73. The van der Waals surface area contributed by atoms with Crippen LogP contribution in [0.15, 0.2) is 36.5 Å². The molecule has 0 aliphatic carbocycles. The molecule has 0 aliphatic heterocycles. The van der Waals surface area contributed by atoms with Gasteiger partial charge in [-0.15, -0.1) is 0 Å². The van der Waals surface area contributed by atoms with Gasteiger partial charge in [0.2, 0.25) is 0 Å². The van der Waals surface area contributed by atoms with Crippen molar-refractivity contribution >= 4 is 17.4 Å². The average Bonchev–Trinajstić information content (AvgIpc) is 2.35. The highest BCUT2D eigenvalue weighted by molar-refractivity contribution is 6.05. The van der Waals surface area contributed by atoms with Gasteiger partial charge in [0, 0.05) is 11.3 Å². The van der Waals surface area contributed by atoms with Crippen LogP contribution in [0.5, 0.6) is 0 Å². The van der Waals surface area contributed by atoms with Gasteiger partial charge in [0.15, 0.2) is 0 Å². The van der Waals surface area contributed by atoms with Crippen LogP contribution in [0, 0.1) is 12.7 Å². The summed E-state index contributed by atoms with van der Waals surface area (Å²) in [5, 5.41) is 2.58. The molecule has 5 heteroatoms. The largest absolute Gasteiger partial charge is 0.398 e. The Bertz CT molecular complexity index is 581. The molecule has 1 amide bonds. The molecule has 2 aromatic rings. The maximum atomic E-state index is 12.7. The van der Waals surface area contributed by atoms with Gasteiger partial charge in [-0.1, -0.05) is 6.07 Å². The molecule has 4 nitrogen and oxygen atoms in total. The average molecular weight is 245 g/mol. The normalized spacial score (nSPS) is 10.1. The number of hydrogen-bond donors (Lipinski definition) is 2. The molecule has 0 unspecified atom stereocenters. The number of carbonyl (C=O) groups excluding carboxylic acids is 1. The van der Waals surface area contributed by atoms with Crippen LogP contribution in [0.4, 0.5) is 15.9 Å². The second-order valence-electron chi connectivity index (χ2n) is 3.84. The molecule has 0 radical (unpaired) electrons. The number of nitrogens with zero attached hydrogens (tertiary/aromatic N) is 1. The van der Waals surface area contributed by atoms with E-state index < -0.39 is 5.82 Å². The van der Waals surface area contributed by atoms with Crippen LogP contribution in [-0.4, -0.2) is 10.9 Å². The second kappa shape index (κ2) is 4.83. The summed E-state index contributed by atoms with van der Waals surface area (Å²) in [5.74, 6) is -0.477. The summed E-state index contributed by atoms with van der Waals surface area (Å²) < 4.78 is 12.7. The molecule has 0 saturated carbocycles. The van der Waals surface area contributed by atoms with Crippen molar-refractivity contribution in [3.63, 3.8) is 0 Å². The minimum Gasteiger partial charge on any atom is -0.398 e. The van der Waals surface area contributed by atoms with Crippen LogP contribution in [0.25, 0.3) is 0 Å². The first kappa shape index (κ1) is 12.0. The molecular formula is C13H12FN3O. The maximum Gasteiger partial charge on any atom is 0.257 e. The first-order valence-corrected chi connectivity index (χ1v) is 5.36. The fourth-order valence-electron chi connectivity index (χ4n) is 1.53. The lowest BCUT2D eigenvalue weighted by molar-refractivity contribution is 0.102. The number of benzene rings is 1. The number of nitrogen functional groups attached to an aromatic ring is 1. The zero-order valence-corrected chi connectivity index (χ0v) is 9.77. The standard InChI is InChI=1S/C13H12FN3O/c1-8-10(3-2-4-11(8)15)13(18)17-12-6-5-9(14)7-16-12/h2-7H,15H2,1H3,(H,16,17,18). The summed E-state index contributed by atoms with van der Waals surface area (Å²) in [5.41, 5.74) is 7.46. The lowest BCUT2D eigenvalue weighted by Crippen LogP contribution is -2.15. The monoisotopic (exact) mass is 245 g/mol. The zero-order valence-electron chi connectivity index (χ0n) is 9.77. The SMILES string of the molecule is Cc1c(N)cccc1C(=O)Nc1ccc(F)cn1. The van der Waals surface area contributed by atoms with Crippen molar-refractivity contribution in [2.45, 2.75) is 6.92 Å². The Morgan fingerprint density at radius 1 is 1.33 bits per heavy atom. The number of anilines is 2. The van der Waals surface area contributed by atoms with Gasteiger partial charge in [0.25, 0.3) is 5.91 Å². The van der Waals surface area contributed by atoms with E-state index in [1.165, 1.54) is 12.1 Å². The molecule has 0 atom stereocenters. The molecule has 0 saturated heterocycles. The van der Waals surface area contributed by atoms with E-state index in [2.05, 4.69) is 10.3 Å². The summed E-state index contributed by atoms with van der Waals surface area (Å²) >= 11 is 0. The predicted molar refractivity (Wildman–Crippen MR) is 67.7 cm³/mol. The van der Waals surface area contributed by atoms with E-state index in [9.17, 15) is 9.18 Å². The van der Waals surface area contributed by atoms with Crippen molar-refractivity contribution < 1.29 is 9.18 Å². The number of halogens is 1. The smallest absolute Gasteiger partial charge is 0.257 e. The minimum absolute atomic E-state index is 0.295. The van der Waals surface area contributed by atoms with E-state index in [1.807, 2.05) is 0 Å². The zero-order chi connectivity index (χ0) is 13.1. The van der Waals surface area contributed by atoms with Gasteiger partial charge in [-0.25, -0.2) is 9.37 Å². The van der Waals surface area contributed by atoms with Crippen molar-refractivity contribution in [1.29, 1.82) is 0 Å². The summed E-state index contributed by atoms with van der Waals surface area (Å²) in [6.07, 6.45) is 1.04. The molecule has 2 rings (SSSR count). The van der Waals surface area contributed by atoms with Gasteiger partial charge < -0.3 is 11.1 Å². The van der Waals surface area contributed by atoms with Crippen molar-refractivity contribution in [2.24, 2.45) is 0 Å². The van der Waals surface area contributed by atoms with Crippen molar-refractivity contribution in [2.75, 3.05) is 11.1 Å². The van der Waals surface area contributed by atoms with Gasteiger partial charge in [0.05, 0.1) is 6.20 Å². The quantitative estimate of drug-likeness (QED) is 0.798. The van der Waals surface area contributed by atoms with Gasteiger partial charge in [0.1, 0.15) is 11.6 Å². The third-order valence-corrected chi connectivity index (χ3v) is 2.59. The number of aromatic nitrogens is 1. The topological polar surface area (TPSA) is 68.0 Å². The lowest BCUT2D eigenvalue weighted by atomic mass is 10.1. The van der Waals surface area contributed by atoms with Crippen LogP contribution >= 0.6 is 0 Å². The van der Waals surface area contributed by atoms with Crippen LogP contribution < -0.4 is 11.1 Å². The number of rotatable bonds is 2. The summed E-state index contributed by atoms with van der Waals surface area (Å²) in [7, 11) is 0. The first-order chi connectivity index (χ1) is 8.58. The summed E-state index contributed by atoms with van der Waals surface area (Å²) in [6.45, 7) is 1.77. The molecule has 92 valence electrons. The number of amides is 1. The number of nitrogens with two attached hydrogens (primary N) is 1. The molecule has 0 bridgehead atoms. The minimum atomic E-state index is -0.451. The van der Waals surface area contributed by atoms with Gasteiger partial charge in [-0.05, 0) is 36.8 Å². The molecule has 18 heavy (non-hydrogen) atoms. The molecule has 0 fully saturated rings. The predicted octanol–water partition coefficient (Wildman–Crippen LogP) is 2.36. The Labute approximate surface area is 104 Å². The lowest BCUT2D eigenvalue weighted by Gasteiger charge is -2.08. The van der Waals surface area contributed by atoms with Gasteiger partial charge >= 0.3 is 0 Å². The molecule has 1 aromatic carbocycles. The molecule has 0 aliphatic rings. The second-order valence-corrected chi connectivity index (χ2v) is 3.84. The van der Waals surface area contributed by atoms with E-state index in [-0.39, 0.29) is 5.91 Å². The van der Waals surface area contributed by atoms with E-state index in [0.29, 0.717) is 22.6 Å².